The van der Waals surface area contributed by atoms with Crippen LogP contribution in [0.3, 0.4) is 0 Å². The maximum atomic E-state index is 12.2. The van der Waals surface area contributed by atoms with Crippen molar-refractivity contribution >= 4 is 23.0 Å². The number of benzene rings is 1. The van der Waals surface area contributed by atoms with Crippen molar-refractivity contribution in [2.75, 3.05) is 6.54 Å². The molecule has 2 N–H and O–H groups in total. The molecule has 1 amide bonds. The van der Waals surface area contributed by atoms with Gasteiger partial charge in [0.1, 0.15) is 17.6 Å². The smallest absolute Gasteiger partial charge is 0.244 e. The number of phenols is 1. The van der Waals surface area contributed by atoms with Crippen LogP contribution >= 0.6 is 0 Å². The summed E-state index contributed by atoms with van der Waals surface area (Å²) in [6.45, 7) is 4.57. The molecule has 0 atom stereocenters. The van der Waals surface area contributed by atoms with Crippen LogP contribution in [0.2, 0.25) is 0 Å². The van der Waals surface area contributed by atoms with Crippen LogP contribution in [0.5, 0.6) is 5.75 Å². The fraction of sp³-hybridized carbons (Fsp3) is 0.250. The maximum absolute atomic E-state index is 12.2. The van der Waals surface area contributed by atoms with Crippen LogP contribution in [0.1, 0.15) is 19.4 Å². The van der Waals surface area contributed by atoms with E-state index in [9.17, 15) is 14.7 Å². The fourth-order valence-electron chi connectivity index (χ4n) is 1.78. The summed E-state index contributed by atoms with van der Waals surface area (Å²) in [6.07, 6.45) is 4.00. The van der Waals surface area contributed by atoms with Gasteiger partial charge < -0.3 is 14.8 Å². The molecule has 0 unspecified atom stereocenters. The predicted octanol–water partition coefficient (Wildman–Crippen LogP) is 2.28. The fourth-order valence-corrected chi connectivity index (χ4v) is 1.78. The Labute approximate surface area is 121 Å². The van der Waals surface area contributed by atoms with Gasteiger partial charge in [0.25, 0.3) is 0 Å². The van der Waals surface area contributed by atoms with Crippen molar-refractivity contribution in [2.45, 2.75) is 13.8 Å². The zero-order chi connectivity index (χ0) is 15.4. The van der Waals surface area contributed by atoms with Gasteiger partial charge in [0.15, 0.2) is 5.43 Å². The van der Waals surface area contributed by atoms with Gasteiger partial charge in [0.05, 0.1) is 10.9 Å². The third kappa shape index (κ3) is 3.72. The quantitative estimate of drug-likeness (QED) is 0.845. The van der Waals surface area contributed by atoms with E-state index in [0.717, 1.165) is 0 Å². The van der Waals surface area contributed by atoms with Crippen molar-refractivity contribution in [3.63, 3.8) is 0 Å². The monoisotopic (exact) mass is 287 g/mol. The topological polar surface area (TPSA) is 79.5 Å². The number of nitrogens with one attached hydrogen (secondary N) is 1. The Morgan fingerprint density at radius 1 is 1.43 bits per heavy atom. The zero-order valence-corrected chi connectivity index (χ0v) is 11.9. The molecule has 0 aliphatic rings. The standard InChI is InChI=1S/C16H17NO4/c1-10(2)8-17-15(19)6-3-11-9-21-14-7-12(18)4-5-13(14)16(11)20/h3-7,9-10,18H,8H2,1-2H3,(H,17,19)/b6-3+. The molecule has 0 saturated carbocycles. The summed E-state index contributed by atoms with van der Waals surface area (Å²) in [7, 11) is 0. The Morgan fingerprint density at radius 2 is 2.19 bits per heavy atom. The van der Waals surface area contributed by atoms with E-state index in [4.69, 9.17) is 4.42 Å². The van der Waals surface area contributed by atoms with Gasteiger partial charge in [-0.05, 0) is 24.1 Å². The van der Waals surface area contributed by atoms with E-state index in [1.54, 1.807) is 0 Å². The van der Waals surface area contributed by atoms with Gasteiger partial charge in [-0.15, -0.1) is 0 Å². The molecule has 2 rings (SSSR count). The van der Waals surface area contributed by atoms with E-state index in [0.29, 0.717) is 23.4 Å². The van der Waals surface area contributed by atoms with Crippen LogP contribution in [0.15, 0.2) is 39.7 Å². The highest BCUT2D eigenvalue weighted by molar-refractivity contribution is 5.92. The van der Waals surface area contributed by atoms with Crippen molar-refractivity contribution in [2.24, 2.45) is 5.92 Å². The van der Waals surface area contributed by atoms with Gasteiger partial charge in [-0.25, -0.2) is 0 Å². The summed E-state index contributed by atoms with van der Waals surface area (Å²) in [5, 5.41) is 12.4. The Kier molecular flexibility index (Phi) is 4.42. The largest absolute Gasteiger partial charge is 0.508 e. The van der Waals surface area contributed by atoms with Gasteiger partial charge in [-0.2, -0.15) is 0 Å². The predicted molar refractivity (Wildman–Crippen MR) is 81.0 cm³/mol. The summed E-state index contributed by atoms with van der Waals surface area (Å²) in [5.41, 5.74) is 0.346. The molecule has 0 aliphatic heterocycles. The number of amides is 1. The first-order chi connectivity index (χ1) is 9.97. The number of aromatic hydroxyl groups is 1. The average molecular weight is 287 g/mol. The lowest BCUT2D eigenvalue weighted by Crippen LogP contribution is -2.25. The highest BCUT2D eigenvalue weighted by Crippen LogP contribution is 2.17. The van der Waals surface area contributed by atoms with Crippen molar-refractivity contribution in [1.82, 2.24) is 5.32 Å². The highest BCUT2D eigenvalue weighted by Gasteiger charge is 2.06. The van der Waals surface area contributed by atoms with Crippen LogP contribution in [-0.4, -0.2) is 17.6 Å². The van der Waals surface area contributed by atoms with Gasteiger partial charge >= 0.3 is 0 Å². The van der Waals surface area contributed by atoms with Crippen molar-refractivity contribution < 1.29 is 14.3 Å². The minimum absolute atomic E-state index is 0.0296. The zero-order valence-electron chi connectivity index (χ0n) is 11.9. The number of fused-ring (bicyclic) bond motifs is 1. The van der Waals surface area contributed by atoms with Gasteiger partial charge in [0.2, 0.25) is 5.91 Å². The second kappa shape index (κ2) is 6.26. The minimum Gasteiger partial charge on any atom is -0.508 e. The second-order valence-corrected chi connectivity index (χ2v) is 5.17. The number of rotatable bonds is 4. The molecule has 0 bridgehead atoms. The van der Waals surface area contributed by atoms with Crippen molar-refractivity contribution in [3.05, 3.63) is 46.3 Å². The van der Waals surface area contributed by atoms with E-state index in [1.807, 2.05) is 13.8 Å². The number of carbonyl (C=O) groups is 1. The lowest BCUT2D eigenvalue weighted by Gasteiger charge is -2.04. The Balaban J connectivity index is 2.23. The Morgan fingerprint density at radius 3 is 2.90 bits per heavy atom. The molecule has 2 aromatic rings. The molecule has 5 heteroatoms. The SMILES string of the molecule is CC(C)CNC(=O)/C=C/c1coc2cc(O)ccc2c1=O. The van der Waals surface area contributed by atoms with Gasteiger partial charge in [0, 0.05) is 18.7 Å². The van der Waals surface area contributed by atoms with Crippen molar-refractivity contribution in [1.29, 1.82) is 0 Å². The molecule has 21 heavy (non-hydrogen) atoms. The lowest BCUT2D eigenvalue weighted by molar-refractivity contribution is -0.116. The van der Waals surface area contributed by atoms with E-state index in [-0.39, 0.29) is 22.6 Å². The van der Waals surface area contributed by atoms with Crippen LogP contribution in [0.25, 0.3) is 17.0 Å². The molecule has 1 aromatic carbocycles. The summed E-state index contributed by atoms with van der Waals surface area (Å²) in [4.78, 5) is 23.8. The third-order valence-electron chi connectivity index (χ3n) is 2.88. The molecule has 0 radical (unpaired) electrons. The molecular weight excluding hydrogens is 270 g/mol. The summed E-state index contributed by atoms with van der Waals surface area (Å²) < 4.78 is 5.29. The van der Waals surface area contributed by atoms with E-state index in [2.05, 4.69) is 5.32 Å². The number of hydrogen-bond donors (Lipinski definition) is 2. The first-order valence-electron chi connectivity index (χ1n) is 6.68. The van der Waals surface area contributed by atoms with Crippen LogP contribution in [0, 0.1) is 5.92 Å². The molecule has 0 fully saturated rings. The molecule has 5 nitrogen and oxygen atoms in total. The molecule has 0 aliphatic carbocycles. The molecule has 0 spiro atoms. The Bertz CT molecular complexity index is 744. The Hall–Kier alpha value is -2.56. The second-order valence-electron chi connectivity index (χ2n) is 5.17. The van der Waals surface area contributed by atoms with Gasteiger partial charge in [-0.1, -0.05) is 13.8 Å². The van der Waals surface area contributed by atoms with Gasteiger partial charge in [-0.3, -0.25) is 9.59 Å². The first kappa shape index (κ1) is 14.8. The molecular formula is C16H17NO4. The van der Waals surface area contributed by atoms with Crippen LogP contribution in [0.4, 0.5) is 0 Å². The summed E-state index contributed by atoms with van der Waals surface area (Å²) in [6, 6.07) is 4.29. The molecule has 1 heterocycles. The highest BCUT2D eigenvalue weighted by atomic mass is 16.3. The van der Waals surface area contributed by atoms with E-state index < -0.39 is 0 Å². The minimum atomic E-state index is -0.256. The number of carbonyl (C=O) groups excluding carboxylic acids is 1. The van der Waals surface area contributed by atoms with Crippen LogP contribution < -0.4 is 10.7 Å². The maximum Gasteiger partial charge on any atom is 0.244 e. The lowest BCUT2D eigenvalue weighted by atomic mass is 10.1. The molecule has 1 aromatic heterocycles. The number of hydrogen-bond acceptors (Lipinski definition) is 4. The normalized spacial score (nSPS) is 11.4. The summed E-state index contributed by atoms with van der Waals surface area (Å²) in [5.74, 6) is 0.136. The third-order valence-corrected chi connectivity index (χ3v) is 2.88. The van der Waals surface area contributed by atoms with E-state index in [1.165, 1.54) is 36.6 Å². The molecule has 0 saturated heterocycles. The first-order valence-corrected chi connectivity index (χ1v) is 6.68. The van der Waals surface area contributed by atoms with E-state index >= 15 is 0 Å². The van der Waals surface area contributed by atoms with Crippen molar-refractivity contribution in [3.8, 4) is 5.75 Å². The summed E-state index contributed by atoms with van der Waals surface area (Å²) >= 11 is 0. The average Bonchev–Trinajstić information content (AvgIpc) is 2.44. The number of phenolic OH excluding ortho intramolecular Hbond substituents is 1. The van der Waals surface area contributed by atoms with Crippen LogP contribution in [-0.2, 0) is 4.79 Å². The molecule has 110 valence electrons.